The van der Waals surface area contributed by atoms with Crippen LogP contribution >= 0.6 is 46.9 Å². The van der Waals surface area contributed by atoms with E-state index in [4.69, 9.17) is 23.2 Å². The van der Waals surface area contributed by atoms with Crippen molar-refractivity contribution in [3.63, 3.8) is 0 Å². The third-order valence-electron chi connectivity index (χ3n) is 4.28. The average Bonchev–Trinajstić information content (AvgIpc) is 3.10. The molecule has 10 heteroatoms. The van der Waals surface area contributed by atoms with Crippen LogP contribution in [0.5, 0.6) is 0 Å². The van der Waals surface area contributed by atoms with Crippen LogP contribution in [0.3, 0.4) is 0 Å². The van der Waals surface area contributed by atoms with Crippen LogP contribution in [-0.2, 0) is 9.84 Å². The third kappa shape index (κ3) is 3.90. The first-order valence-corrected chi connectivity index (χ1v) is 11.1. The minimum atomic E-state index is -3.67. The van der Waals surface area contributed by atoms with E-state index in [1.54, 1.807) is 12.3 Å². The van der Waals surface area contributed by atoms with Gasteiger partial charge in [-0.15, -0.1) is 23.7 Å². The number of anilines is 1. The molecule has 0 atom stereocenters. The Morgan fingerprint density at radius 1 is 1.07 bits per heavy atom. The predicted octanol–water partition coefficient (Wildman–Crippen LogP) is 4.27. The minimum absolute atomic E-state index is 0. The molecule has 5 nitrogen and oxygen atoms in total. The van der Waals surface area contributed by atoms with Crippen LogP contribution in [0, 0.1) is 0 Å². The predicted molar refractivity (Wildman–Crippen MR) is 114 cm³/mol. The van der Waals surface area contributed by atoms with E-state index in [-0.39, 0.29) is 26.5 Å². The van der Waals surface area contributed by atoms with Gasteiger partial charge in [0.25, 0.3) is 0 Å². The highest BCUT2D eigenvalue weighted by molar-refractivity contribution is 7.93. The van der Waals surface area contributed by atoms with Crippen molar-refractivity contribution in [3.05, 3.63) is 46.6 Å². The van der Waals surface area contributed by atoms with Gasteiger partial charge in [-0.05, 0) is 30.3 Å². The number of piperazine rings is 1. The Bertz CT molecular complexity index is 1080. The molecule has 27 heavy (non-hydrogen) atoms. The lowest BCUT2D eigenvalue weighted by Crippen LogP contribution is -2.43. The van der Waals surface area contributed by atoms with Crippen LogP contribution in [0.4, 0.5) is 5.82 Å². The maximum absolute atomic E-state index is 13.0. The van der Waals surface area contributed by atoms with Gasteiger partial charge in [0, 0.05) is 42.5 Å². The standard InChI is InChI=1S/C17H15Cl2N3O2S2.ClH/c18-13-2-1-11(9-14(13)19)26(23,24)16-10-12-15(25-16)3-4-21-17(12)22-7-5-20-6-8-22;/h1-4,9-10,20H,5-8H2;1H. The number of pyridine rings is 1. The molecule has 0 saturated carbocycles. The Kier molecular flexibility index (Phi) is 6.20. The van der Waals surface area contributed by atoms with Gasteiger partial charge in [0.05, 0.1) is 14.9 Å². The first kappa shape index (κ1) is 20.6. The monoisotopic (exact) mass is 463 g/mol. The summed E-state index contributed by atoms with van der Waals surface area (Å²) in [5.41, 5.74) is 0. The van der Waals surface area contributed by atoms with E-state index in [1.165, 1.54) is 29.5 Å². The molecule has 0 amide bonds. The molecular weight excluding hydrogens is 449 g/mol. The van der Waals surface area contributed by atoms with Crippen LogP contribution in [0.1, 0.15) is 0 Å². The summed E-state index contributed by atoms with van der Waals surface area (Å²) in [6, 6.07) is 7.92. The summed E-state index contributed by atoms with van der Waals surface area (Å²) < 4.78 is 27.2. The third-order valence-corrected chi connectivity index (χ3v) is 8.35. The lowest BCUT2D eigenvalue weighted by molar-refractivity contribution is 0.586. The van der Waals surface area contributed by atoms with E-state index < -0.39 is 9.84 Å². The van der Waals surface area contributed by atoms with Crippen molar-refractivity contribution in [2.24, 2.45) is 0 Å². The highest BCUT2D eigenvalue weighted by Gasteiger charge is 2.24. The number of rotatable bonds is 3. The van der Waals surface area contributed by atoms with E-state index in [1.807, 2.05) is 6.07 Å². The van der Waals surface area contributed by atoms with Crippen molar-refractivity contribution in [1.82, 2.24) is 10.3 Å². The van der Waals surface area contributed by atoms with Gasteiger partial charge in [0.15, 0.2) is 0 Å². The molecule has 0 spiro atoms. The Hall–Kier alpha value is -1.09. The van der Waals surface area contributed by atoms with Gasteiger partial charge < -0.3 is 10.2 Å². The zero-order valence-electron chi connectivity index (χ0n) is 14.0. The second kappa shape index (κ2) is 8.11. The van der Waals surface area contributed by atoms with E-state index in [0.717, 1.165) is 42.1 Å². The summed E-state index contributed by atoms with van der Waals surface area (Å²) in [4.78, 5) is 6.81. The molecule has 0 aliphatic carbocycles. The smallest absolute Gasteiger partial charge is 0.216 e. The summed E-state index contributed by atoms with van der Waals surface area (Å²) in [5.74, 6) is 0.829. The van der Waals surface area contributed by atoms with E-state index >= 15 is 0 Å². The van der Waals surface area contributed by atoms with E-state index in [0.29, 0.717) is 5.02 Å². The molecule has 1 aromatic carbocycles. The maximum atomic E-state index is 13.0. The second-order valence-corrected chi connectivity index (χ2v) is 10.0. The second-order valence-electron chi connectivity index (χ2n) is 5.93. The Morgan fingerprint density at radius 2 is 1.81 bits per heavy atom. The van der Waals surface area contributed by atoms with E-state index in [9.17, 15) is 8.42 Å². The molecule has 4 rings (SSSR count). The summed E-state index contributed by atoms with van der Waals surface area (Å²) in [6.45, 7) is 3.46. The lowest BCUT2D eigenvalue weighted by Gasteiger charge is -2.28. The molecule has 0 bridgehead atoms. The number of aromatic nitrogens is 1. The van der Waals surface area contributed by atoms with Gasteiger partial charge in [-0.3, -0.25) is 0 Å². The zero-order chi connectivity index (χ0) is 18.3. The highest BCUT2D eigenvalue weighted by Crippen LogP contribution is 2.37. The first-order chi connectivity index (χ1) is 12.5. The topological polar surface area (TPSA) is 62.3 Å². The Balaban J connectivity index is 0.00000210. The summed E-state index contributed by atoms with van der Waals surface area (Å²) in [5, 5.41) is 4.71. The molecule has 1 fully saturated rings. The SMILES string of the molecule is Cl.O=S(=O)(c1ccc(Cl)c(Cl)c1)c1cc2c(N3CCNCC3)nccc2s1. The molecular formula is C17H16Cl3N3O2S2. The van der Waals surface area contributed by atoms with Crippen molar-refractivity contribution in [1.29, 1.82) is 0 Å². The molecule has 1 N–H and O–H groups in total. The number of hydrogen-bond acceptors (Lipinski definition) is 6. The fraction of sp³-hybridized carbons (Fsp3) is 0.235. The van der Waals surface area contributed by atoms with Crippen LogP contribution in [0.15, 0.2) is 45.6 Å². The normalized spacial score (nSPS) is 15.0. The molecule has 2 aromatic heterocycles. The Morgan fingerprint density at radius 3 is 2.52 bits per heavy atom. The number of sulfone groups is 1. The van der Waals surface area contributed by atoms with Crippen molar-refractivity contribution in [2.75, 3.05) is 31.1 Å². The molecule has 0 unspecified atom stereocenters. The van der Waals surface area contributed by atoms with Crippen molar-refractivity contribution in [3.8, 4) is 0 Å². The average molecular weight is 465 g/mol. The van der Waals surface area contributed by atoms with Crippen LogP contribution in [0.2, 0.25) is 10.0 Å². The van der Waals surface area contributed by atoms with Crippen LogP contribution in [0.25, 0.3) is 10.1 Å². The van der Waals surface area contributed by atoms with Crippen molar-refractivity contribution >= 4 is 72.7 Å². The number of fused-ring (bicyclic) bond motifs is 1. The fourth-order valence-corrected chi connectivity index (χ4v) is 6.11. The van der Waals surface area contributed by atoms with Gasteiger partial charge >= 0.3 is 0 Å². The lowest BCUT2D eigenvalue weighted by atomic mass is 10.2. The molecule has 1 saturated heterocycles. The van der Waals surface area contributed by atoms with Gasteiger partial charge in [0.2, 0.25) is 9.84 Å². The molecule has 1 aliphatic heterocycles. The fourth-order valence-electron chi connectivity index (χ4n) is 2.95. The van der Waals surface area contributed by atoms with E-state index in [2.05, 4.69) is 15.2 Å². The van der Waals surface area contributed by atoms with Crippen LogP contribution < -0.4 is 10.2 Å². The summed E-state index contributed by atoms with van der Waals surface area (Å²) in [6.07, 6.45) is 1.73. The van der Waals surface area contributed by atoms with Crippen molar-refractivity contribution in [2.45, 2.75) is 9.10 Å². The van der Waals surface area contributed by atoms with Gasteiger partial charge in [-0.25, -0.2) is 13.4 Å². The number of nitrogens with one attached hydrogen (secondary N) is 1. The summed E-state index contributed by atoms with van der Waals surface area (Å²) in [7, 11) is -3.67. The molecule has 3 heterocycles. The van der Waals surface area contributed by atoms with Gasteiger partial charge in [-0.2, -0.15) is 0 Å². The first-order valence-electron chi connectivity index (χ1n) is 8.01. The zero-order valence-corrected chi connectivity index (χ0v) is 17.9. The number of thiophene rings is 1. The largest absolute Gasteiger partial charge is 0.354 e. The van der Waals surface area contributed by atoms with Gasteiger partial charge in [0.1, 0.15) is 10.0 Å². The number of halogens is 3. The number of benzene rings is 1. The molecule has 1 aliphatic rings. The minimum Gasteiger partial charge on any atom is -0.354 e. The summed E-state index contributed by atoms with van der Waals surface area (Å²) >= 11 is 13.1. The van der Waals surface area contributed by atoms with Crippen LogP contribution in [-0.4, -0.2) is 39.6 Å². The highest BCUT2D eigenvalue weighted by atomic mass is 35.5. The molecule has 3 aromatic rings. The van der Waals surface area contributed by atoms with Gasteiger partial charge in [-0.1, -0.05) is 23.2 Å². The van der Waals surface area contributed by atoms with Crippen molar-refractivity contribution < 1.29 is 8.42 Å². The molecule has 0 radical (unpaired) electrons. The quantitative estimate of drug-likeness (QED) is 0.627. The number of hydrogen-bond donors (Lipinski definition) is 1. The molecule has 144 valence electrons. The maximum Gasteiger partial charge on any atom is 0.216 e. The number of nitrogens with zero attached hydrogens (tertiary/aromatic N) is 2. The Labute approximate surface area is 177 Å².